The van der Waals surface area contributed by atoms with Crippen molar-refractivity contribution < 1.29 is 0 Å². The summed E-state index contributed by atoms with van der Waals surface area (Å²) in [5, 5.41) is 0. The monoisotopic (exact) mass is 175 g/mol. The van der Waals surface area contributed by atoms with Crippen LogP contribution in [-0.2, 0) is 5.54 Å². The van der Waals surface area contributed by atoms with Crippen molar-refractivity contribution in [2.45, 2.75) is 25.8 Å². The van der Waals surface area contributed by atoms with Crippen LogP contribution in [0.1, 0.15) is 24.5 Å². The van der Waals surface area contributed by atoms with E-state index < -0.39 is 0 Å². The number of nitrogens with two attached hydrogens (primary N) is 1. The van der Waals surface area contributed by atoms with E-state index in [0.717, 1.165) is 12.0 Å². The molecule has 0 heterocycles. The van der Waals surface area contributed by atoms with Gasteiger partial charge in [-0.15, -0.1) is 6.58 Å². The molecule has 1 atom stereocenters. The Kier molecular flexibility index (Phi) is 2.89. The van der Waals surface area contributed by atoms with E-state index in [-0.39, 0.29) is 5.54 Å². The Balaban J connectivity index is 2.93. The molecule has 0 bridgehead atoms. The molecule has 0 spiro atoms. The molecule has 0 aromatic heterocycles. The first-order valence-electron chi connectivity index (χ1n) is 4.53. The molecule has 2 N–H and O–H groups in total. The maximum atomic E-state index is 6.13. The third kappa shape index (κ3) is 2.43. The van der Waals surface area contributed by atoms with Gasteiger partial charge in [0.25, 0.3) is 0 Å². The molecule has 1 heteroatoms. The molecule has 0 saturated carbocycles. The van der Waals surface area contributed by atoms with Crippen LogP contribution in [0, 0.1) is 6.92 Å². The molecule has 0 aliphatic heterocycles. The zero-order valence-corrected chi connectivity index (χ0v) is 8.38. The lowest BCUT2D eigenvalue weighted by Crippen LogP contribution is -2.32. The SMILES string of the molecule is C=CC[C@](C)(N)c1ccc(C)cc1. The van der Waals surface area contributed by atoms with Crippen LogP contribution in [0.15, 0.2) is 36.9 Å². The summed E-state index contributed by atoms with van der Waals surface area (Å²) in [4.78, 5) is 0. The quantitative estimate of drug-likeness (QED) is 0.702. The van der Waals surface area contributed by atoms with Gasteiger partial charge < -0.3 is 5.73 Å². The Morgan fingerprint density at radius 2 is 1.92 bits per heavy atom. The maximum absolute atomic E-state index is 6.13. The van der Waals surface area contributed by atoms with E-state index in [2.05, 4.69) is 37.8 Å². The lowest BCUT2D eigenvalue weighted by atomic mass is 9.89. The summed E-state index contributed by atoms with van der Waals surface area (Å²) in [6, 6.07) is 8.34. The van der Waals surface area contributed by atoms with Crippen molar-refractivity contribution in [1.29, 1.82) is 0 Å². The molecule has 0 saturated heterocycles. The van der Waals surface area contributed by atoms with E-state index in [1.165, 1.54) is 5.56 Å². The van der Waals surface area contributed by atoms with Crippen molar-refractivity contribution in [1.82, 2.24) is 0 Å². The second-order valence-electron chi connectivity index (χ2n) is 3.78. The second kappa shape index (κ2) is 3.75. The number of hydrogen-bond acceptors (Lipinski definition) is 1. The molecular weight excluding hydrogens is 158 g/mol. The summed E-state index contributed by atoms with van der Waals surface area (Å²) in [6.45, 7) is 7.81. The summed E-state index contributed by atoms with van der Waals surface area (Å²) in [5.74, 6) is 0. The van der Waals surface area contributed by atoms with E-state index in [1.54, 1.807) is 0 Å². The van der Waals surface area contributed by atoms with Crippen LogP contribution < -0.4 is 5.73 Å². The average molecular weight is 175 g/mol. The van der Waals surface area contributed by atoms with E-state index in [4.69, 9.17) is 5.73 Å². The molecular formula is C12H17N. The minimum Gasteiger partial charge on any atom is -0.321 e. The molecule has 0 unspecified atom stereocenters. The van der Waals surface area contributed by atoms with Gasteiger partial charge >= 0.3 is 0 Å². The average Bonchev–Trinajstić information content (AvgIpc) is 2.05. The summed E-state index contributed by atoms with van der Waals surface area (Å²) in [5.41, 5.74) is 8.27. The predicted molar refractivity (Wildman–Crippen MR) is 57.5 cm³/mol. The van der Waals surface area contributed by atoms with Crippen LogP contribution in [0.25, 0.3) is 0 Å². The Morgan fingerprint density at radius 1 is 1.38 bits per heavy atom. The smallest absolute Gasteiger partial charge is 0.0415 e. The van der Waals surface area contributed by atoms with E-state index in [9.17, 15) is 0 Å². The highest BCUT2D eigenvalue weighted by molar-refractivity contribution is 5.27. The lowest BCUT2D eigenvalue weighted by Gasteiger charge is -2.23. The fourth-order valence-electron chi connectivity index (χ4n) is 1.35. The van der Waals surface area contributed by atoms with Crippen LogP contribution >= 0.6 is 0 Å². The zero-order chi connectivity index (χ0) is 9.90. The van der Waals surface area contributed by atoms with Crippen LogP contribution in [0.3, 0.4) is 0 Å². The third-order valence-electron chi connectivity index (χ3n) is 2.28. The summed E-state index contributed by atoms with van der Waals surface area (Å²) in [7, 11) is 0. The Bertz CT molecular complexity index is 282. The largest absolute Gasteiger partial charge is 0.321 e. The van der Waals surface area contributed by atoms with Gasteiger partial charge in [-0.3, -0.25) is 0 Å². The first kappa shape index (κ1) is 10.0. The molecule has 13 heavy (non-hydrogen) atoms. The van der Waals surface area contributed by atoms with Crippen LogP contribution in [-0.4, -0.2) is 0 Å². The highest BCUT2D eigenvalue weighted by Gasteiger charge is 2.18. The minimum atomic E-state index is -0.282. The van der Waals surface area contributed by atoms with Crippen LogP contribution in [0.2, 0.25) is 0 Å². The molecule has 1 nitrogen and oxygen atoms in total. The molecule has 0 aliphatic rings. The highest BCUT2D eigenvalue weighted by Crippen LogP contribution is 2.21. The van der Waals surface area contributed by atoms with Gasteiger partial charge in [-0.25, -0.2) is 0 Å². The Hall–Kier alpha value is -1.08. The van der Waals surface area contributed by atoms with Crippen molar-refractivity contribution in [3.63, 3.8) is 0 Å². The Morgan fingerprint density at radius 3 is 2.38 bits per heavy atom. The molecule has 0 amide bonds. The van der Waals surface area contributed by atoms with E-state index in [0.29, 0.717) is 0 Å². The zero-order valence-electron chi connectivity index (χ0n) is 8.38. The van der Waals surface area contributed by atoms with Crippen LogP contribution in [0.4, 0.5) is 0 Å². The van der Waals surface area contributed by atoms with Gasteiger partial charge in [0.1, 0.15) is 0 Å². The van der Waals surface area contributed by atoms with Crippen LogP contribution in [0.5, 0.6) is 0 Å². The van der Waals surface area contributed by atoms with Crippen molar-refractivity contribution in [3.05, 3.63) is 48.0 Å². The number of aryl methyl sites for hydroxylation is 1. The van der Waals surface area contributed by atoms with Gasteiger partial charge in [0.2, 0.25) is 0 Å². The molecule has 1 aromatic carbocycles. The first-order chi connectivity index (χ1) is 6.06. The van der Waals surface area contributed by atoms with E-state index in [1.807, 2.05) is 13.0 Å². The Labute approximate surface area is 80.3 Å². The first-order valence-corrected chi connectivity index (χ1v) is 4.53. The molecule has 70 valence electrons. The van der Waals surface area contributed by atoms with Gasteiger partial charge in [0, 0.05) is 5.54 Å². The van der Waals surface area contributed by atoms with Gasteiger partial charge in [-0.1, -0.05) is 35.9 Å². The van der Waals surface area contributed by atoms with Crippen molar-refractivity contribution in [2.75, 3.05) is 0 Å². The molecule has 1 rings (SSSR count). The lowest BCUT2D eigenvalue weighted by molar-refractivity contribution is 0.502. The second-order valence-corrected chi connectivity index (χ2v) is 3.78. The normalized spacial score (nSPS) is 15.0. The molecule has 0 radical (unpaired) electrons. The number of benzene rings is 1. The van der Waals surface area contributed by atoms with Crippen molar-refractivity contribution in [2.24, 2.45) is 5.73 Å². The van der Waals surface area contributed by atoms with Gasteiger partial charge in [-0.2, -0.15) is 0 Å². The molecule has 1 aromatic rings. The van der Waals surface area contributed by atoms with Crippen molar-refractivity contribution in [3.8, 4) is 0 Å². The number of rotatable bonds is 3. The van der Waals surface area contributed by atoms with Gasteiger partial charge in [0.15, 0.2) is 0 Å². The standard InChI is InChI=1S/C12H17N/c1-4-9-12(3,13)11-7-5-10(2)6-8-11/h4-8H,1,9,13H2,2-3H3/t12-/m0/s1. The van der Waals surface area contributed by atoms with Crippen molar-refractivity contribution >= 4 is 0 Å². The van der Waals surface area contributed by atoms with E-state index >= 15 is 0 Å². The molecule has 0 fully saturated rings. The van der Waals surface area contributed by atoms with Gasteiger partial charge in [-0.05, 0) is 25.8 Å². The summed E-state index contributed by atoms with van der Waals surface area (Å²) < 4.78 is 0. The molecule has 0 aliphatic carbocycles. The maximum Gasteiger partial charge on any atom is 0.0415 e. The summed E-state index contributed by atoms with van der Waals surface area (Å²) in [6.07, 6.45) is 2.66. The minimum absolute atomic E-state index is 0.282. The summed E-state index contributed by atoms with van der Waals surface area (Å²) >= 11 is 0. The fraction of sp³-hybridized carbons (Fsp3) is 0.333. The highest BCUT2D eigenvalue weighted by atomic mass is 14.7. The fourth-order valence-corrected chi connectivity index (χ4v) is 1.35. The number of hydrogen-bond donors (Lipinski definition) is 1. The predicted octanol–water partition coefficient (Wildman–Crippen LogP) is 2.75. The third-order valence-corrected chi connectivity index (χ3v) is 2.28. The topological polar surface area (TPSA) is 26.0 Å². The van der Waals surface area contributed by atoms with Gasteiger partial charge in [0.05, 0.1) is 0 Å².